The van der Waals surface area contributed by atoms with Crippen LogP contribution in [0.4, 0.5) is 0 Å². The van der Waals surface area contributed by atoms with Crippen molar-refractivity contribution < 1.29 is 19.5 Å². The minimum absolute atomic E-state index is 0.0172. The highest BCUT2D eigenvalue weighted by Gasteiger charge is 2.41. The van der Waals surface area contributed by atoms with Crippen molar-refractivity contribution in [1.29, 1.82) is 0 Å². The van der Waals surface area contributed by atoms with Crippen LogP contribution in [0.25, 0.3) is 0 Å². The van der Waals surface area contributed by atoms with E-state index in [1.54, 1.807) is 0 Å². The molecule has 66 valence electrons. The van der Waals surface area contributed by atoms with E-state index in [1.807, 2.05) is 0 Å². The third-order valence-corrected chi connectivity index (χ3v) is 3.16. The molecule has 0 radical (unpaired) electrons. The zero-order chi connectivity index (χ0) is 9.12. The van der Waals surface area contributed by atoms with E-state index in [4.69, 9.17) is 9.79 Å². The predicted molar refractivity (Wildman–Crippen MR) is 42.1 cm³/mol. The molecule has 1 unspecified atom stereocenters. The normalized spacial score (nSPS) is 17.5. The molecule has 0 aliphatic rings. The smallest absolute Gasteiger partial charge is 0.357 e. The lowest BCUT2D eigenvalue weighted by atomic mass is 10.2. The van der Waals surface area contributed by atoms with E-state index in [9.17, 15) is 9.67 Å². The first-order chi connectivity index (χ1) is 4.87. The van der Waals surface area contributed by atoms with E-state index in [0.717, 1.165) is 0 Å². The molecule has 0 spiro atoms. The van der Waals surface area contributed by atoms with Gasteiger partial charge in [0.2, 0.25) is 0 Å². The van der Waals surface area contributed by atoms with Gasteiger partial charge in [-0.05, 0) is 6.42 Å². The first-order valence-corrected chi connectivity index (χ1v) is 4.87. The van der Waals surface area contributed by atoms with Gasteiger partial charge in [-0.15, -0.1) is 6.58 Å². The molecule has 4 nitrogen and oxygen atoms in total. The number of hydrogen-bond acceptors (Lipinski definition) is 2. The van der Waals surface area contributed by atoms with Gasteiger partial charge in [-0.25, -0.2) is 0 Å². The number of aliphatic hydroxyl groups is 1. The van der Waals surface area contributed by atoms with Crippen molar-refractivity contribution in [3.63, 3.8) is 0 Å². The highest BCUT2D eigenvalue weighted by molar-refractivity contribution is 7.53. The third kappa shape index (κ3) is 2.42. The van der Waals surface area contributed by atoms with Gasteiger partial charge in [0.05, 0.1) is 0 Å². The predicted octanol–water partition coefficient (Wildman–Crippen LogP) is 0.839. The summed E-state index contributed by atoms with van der Waals surface area (Å²) in [7, 11) is -4.42. The molecular formula is C6H13O4P. The summed E-state index contributed by atoms with van der Waals surface area (Å²) in [6, 6.07) is 0. The van der Waals surface area contributed by atoms with Crippen molar-refractivity contribution >= 4 is 7.60 Å². The first kappa shape index (κ1) is 10.8. The van der Waals surface area contributed by atoms with Crippen LogP contribution < -0.4 is 0 Å². The van der Waals surface area contributed by atoms with Crippen LogP contribution in [-0.4, -0.2) is 20.2 Å². The Morgan fingerprint density at radius 2 is 2.09 bits per heavy atom. The second kappa shape index (κ2) is 3.50. The second-order valence-corrected chi connectivity index (χ2v) is 4.29. The molecule has 0 bridgehead atoms. The van der Waals surface area contributed by atoms with Crippen LogP contribution >= 0.6 is 7.60 Å². The molecule has 0 aromatic rings. The summed E-state index contributed by atoms with van der Waals surface area (Å²) in [4.78, 5) is 17.4. The third-order valence-electron chi connectivity index (χ3n) is 1.58. The van der Waals surface area contributed by atoms with Crippen LogP contribution in [0.1, 0.15) is 19.8 Å². The van der Waals surface area contributed by atoms with Crippen LogP contribution in [0.2, 0.25) is 0 Å². The highest BCUT2D eigenvalue weighted by Crippen LogP contribution is 2.52. The monoisotopic (exact) mass is 180 g/mol. The molecule has 0 aromatic carbocycles. The van der Waals surface area contributed by atoms with E-state index < -0.39 is 12.9 Å². The Morgan fingerprint density at radius 3 is 2.18 bits per heavy atom. The lowest BCUT2D eigenvalue weighted by Gasteiger charge is -2.25. The fourth-order valence-electron chi connectivity index (χ4n) is 0.700. The van der Waals surface area contributed by atoms with E-state index in [1.165, 1.54) is 13.0 Å². The molecule has 0 saturated heterocycles. The average Bonchev–Trinajstić information content (AvgIpc) is 1.86. The molecule has 3 N–H and O–H groups in total. The van der Waals surface area contributed by atoms with Crippen LogP contribution in [0.15, 0.2) is 12.7 Å². The van der Waals surface area contributed by atoms with Crippen molar-refractivity contribution in [3.8, 4) is 0 Å². The largest absolute Gasteiger partial charge is 0.377 e. The van der Waals surface area contributed by atoms with Gasteiger partial charge in [0.25, 0.3) is 0 Å². The molecule has 0 aromatic heterocycles. The maximum Gasteiger partial charge on any atom is 0.357 e. The Hall–Kier alpha value is -0.150. The molecule has 11 heavy (non-hydrogen) atoms. The van der Waals surface area contributed by atoms with E-state index in [0.29, 0.717) is 0 Å². The van der Waals surface area contributed by atoms with Crippen molar-refractivity contribution in [2.24, 2.45) is 0 Å². The summed E-state index contributed by atoms with van der Waals surface area (Å²) < 4.78 is 10.7. The van der Waals surface area contributed by atoms with Crippen molar-refractivity contribution in [1.82, 2.24) is 0 Å². The quantitative estimate of drug-likeness (QED) is 0.442. The summed E-state index contributed by atoms with van der Waals surface area (Å²) in [5, 5.41) is 7.40. The van der Waals surface area contributed by atoms with Gasteiger partial charge in [-0.3, -0.25) is 4.57 Å². The SMILES string of the molecule is C=CCC(O)(CC)P(=O)(O)O. The number of rotatable bonds is 4. The molecular weight excluding hydrogens is 167 g/mol. The molecule has 5 heteroatoms. The topological polar surface area (TPSA) is 77.8 Å². The summed E-state index contributed by atoms with van der Waals surface area (Å²) in [5.41, 5.74) is 0. The van der Waals surface area contributed by atoms with E-state index >= 15 is 0 Å². The Bertz CT molecular complexity index is 185. The molecule has 0 amide bonds. The Labute approximate surface area is 65.7 Å². The molecule has 0 saturated carbocycles. The van der Waals surface area contributed by atoms with Gasteiger partial charge in [-0.1, -0.05) is 13.0 Å². The van der Waals surface area contributed by atoms with Crippen molar-refractivity contribution in [2.45, 2.75) is 25.1 Å². The fourth-order valence-corrected chi connectivity index (χ4v) is 1.48. The maximum atomic E-state index is 10.7. The Morgan fingerprint density at radius 1 is 1.64 bits per heavy atom. The molecule has 0 fully saturated rings. The van der Waals surface area contributed by atoms with Gasteiger partial charge in [0.15, 0.2) is 5.34 Å². The standard InChI is InChI=1S/C6H13O4P/c1-3-5-6(7,4-2)11(8,9)10/h3,7H,1,4-5H2,2H3,(H2,8,9,10). The summed E-state index contributed by atoms with van der Waals surface area (Å²) in [5.74, 6) is 0. The molecule has 0 heterocycles. The highest BCUT2D eigenvalue weighted by atomic mass is 31.2. The van der Waals surface area contributed by atoms with E-state index in [-0.39, 0.29) is 12.8 Å². The Kier molecular flexibility index (Phi) is 3.45. The summed E-state index contributed by atoms with van der Waals surface area (Å²) in [6.07, 6.45) is 1.22. The minimum Gasteiger partial charge on any atom is -0.377 e. The summed E-state index contributed by atoms with van der Waals surface area (Å²) in [6.45, 7) is 4.82. The second-order valence-electron chi connectivity index (χ2n) is 2.37. The lowest BCUT2D eigenvalue weighted by Crippen LogP contribution is -2.26. The Balaban J connectivity index is 4.59. The van der Waals surface area contributed by atoms with Crippen molar-refractivity contribution in [2.75, 3.05) is 0 Å². The van der Waals surface area contributed by atoms with Crippen LogP contribution in [0.5, 0.6) is 0 Å². The molecule has 0 rings (SSSR count). The molecule has 0 aliphatic carbocycles. The van der Waals surface area contributed by atoms with Gasteiger partial charge in [0, 0.05) is 6.42 Å². The lowest BCUT2D eigenvalue weighted by molar-refractivity contribution is 0.0899. The van der Waals surface area contributed by atoms with Gasteiger partial charge < -0.3 is 14.9 Å². The number of hydrogen-bond donors (Lipinski definition) is 3. The van der Waals surface area contributed by atoms with Gasteiger partial charge in [0.1, 0.15) is 0 Å². The van der Waals surface area contributed by atoms with Crippen LogP contribution in [0.3, 0.4) is 0 Å². The van der Waals surface area contributed by atoms with Gasteiger partial charge in [-0.2, -0.15) is 0 Å². The van der Waals surface area contributed by atoms with Crippen LogP contribution in [-0.2, 0) is 4.57 Å². The average molecular weight is 180 g/mol. The van der Waals surface area contributed by atoms with Gasteiger partial charge >= 0.3 is 7.60 Å². The zero-order valence-corrected chi connectivity index (χ0v) is 7.29. The van der Waals surface area contributed by atoms with Crippen LogP contribution in [0, 0.1) is 0 Å². The van der Waals surface area contributed by atoms with Crippen molar-refractivity contribution in [3.05, 3.63) is 12.7 Å². The molecule has 1 atom stereocenters. The first-order valence-electron chi connectivity index (χ1n) is 3.26. The zero-order valence-electron chi connectivity index (χ0n) is 6.40. The molecule has 0 aliphatic heterocycles. The minimum atomic E-state index is -4.42. The fraction of sp³-hybridized carbons (Fsp3) is 0.667. The summed E-state index contributed by atoms with van der Waals surface area (Å²) >= 11 is 0. The maximum absolute atomic E-state index is 10.7. The van der Waals surface area contributed by atoms with E-state index in [2.05, 4.69) is 6.58 Å².